The summed E-state index contributed by atoms with van der Waals surface area (Å²) in [5, 5.41) is 5.43. The van der Waals surface area contributed by atoms with Gasteiger partial charge in [0.25, 0.3) is 5.91 Å². The van der Waals surface area contributed by atoms with Crippen LogP contribution < -0.4 is 10.6 Å². The lowest BCUT2D eigenvalue weighted by atomic mass is 10.1. The molecule has 1 atom stereocenters. The number of methoxy groups -OCH3 is 1. The zero-order valence-electron chi connectivity index (χ0n) is 8.11. The topological polar surface area (TPSA) is 67.4 Å². The first-order chi connectivity index (χ1) is 7.22. The predicted molar refractivity (Wildman–Crippen MR) is 54.5 cm³/mol. The van der Waals surface area contributed by atoms with Crippen molar-refractivity contribution in [3.8, 4) is 0 Å². The van der Waals surface area contributed by atoms with Crippen LogP contribution in [-0.2, 0) is 14.3 Å². The molecule has 5 heteroatoms. The number of hydrogen-bond donors (Lipinski definition) is 2. The number of fused-ring (bicyclic) bond motifs is 1. The van der Waals surface area contributed by atoms with Gasteiger partial charge in [0, 0.05) is 0 Å². The third kappa shape index (κ3) is 1.63. The molecule has 1 aliphatic rings. The molecule has 0 spiro atoms. The van der Waals surface area contributed by atoms with Crippen LogP contribution in [0, 0.1) is 0 Å². The molecular weight excluding hydrogens is 196 g/mol. The van der Waals surface area contributed by atoms with Gasteiger partial charge in [-0.2, -0.15) is 0 Å². The molecule has 15 heavy (non-hydrogen) atoms. The number of hydrogen-bond acceptors (Lipinski definition) is 4. The number of carbonyl (C=O) groups excluding carboxylic acids is 2. The van der Waals surface area contributed by atoms with E-state index in [4.69, 9.17) is 0 Å². The van der Waals surface area contributed by atoms with Crippen LogP contribution in [-0.4, -0.2) is 25.0 Å². The largest absolute Gasteiger partial charge is 0.467 e. The quantitative estimate of drug-likeness (QED) is 0.521. The molecule has 5 nitrogen and oxygen atoms in total. The van der Waals surface area contributed by atoms with Crippen molar-refractivity contribution in [3.05, 3.63) is 24.3 Å². The van der Waals surface area contributed by atoms with Gasteiger partial charge in [-0.05, 0) is 12.1 Å². The number of carbonyl (C=O) groups is 2. The maximum Gasteiger partial charge on any atom is 0.338 e. The van der Waals surface area contributed by atoms with E-state index in [2.05, 4.69) is 15.4 Å². The van der Waals surface area contributed by atoms with E-state index in [1.54, 1.807) is 18.2 Å². The lowest BCUT2D eigenvalue weighted by Gasteiger charge is -2.24. The van der Waals surface area contributed by atoms with Gasteiger partial charge < -0.3 is 15.4 Å². The summed E-state index contributed by atoms with van der Waals surface area (Å²) in [5.74, 6) is -0.998. The van der Waals surface area contributed by atoms with Gasteiger partial charge in [0.1, 0.15) is 0 Å². The van der Waals surface area contributed by atoms with Crippen LogP contribution >= 0.6 is 0 Å². The van der Waals surface area contributed by atoms with E-state index in [1.807, 2.05) is 6.07 Å². The average Bonchev–Trinajstić information content (AvgIpc) is 2.27. The number of para-hydroxylation sites is 2. The highest BCUT2D eigenvalue weighted by molar-refractivity contribution is 6.14. The molecule has 1 aliphatic heterocycles. The van der Waals surface area contributed by atoms with E-state index < -0.39 is 17.9 Å². The minimum Gasteiger partial charge on any atom is -0.467 e. The van der Waals surface area contributed by atoms with Crippen molar-refractivity contribution in [1.82, 2.24) is 0 Å². The first-order valence-corrected chi connectivity index (χ1v) is 4.46. The van der Waals surface area contributed by atoms with Gasteiger partial charge in [0.2, 0.25) is 6.04 Å². The van der Waals surface area contributed by atoms with E-state index in [0.29, 0.717) is 11.4 Å². The Balaban J connectivity index is 2.29. The van der Waals surface area contributed by atoms with E-state index in [-0.39, 0.29) is 0 Å². The molecule has 0 radical (unpaired) electrons. The highest BCUT2D eigenvalue weighted by Crippen LogP contribution is 2.25. The zero-order valence-corrected chi connectivity index (χ0v) is 8.11. The molecule has 0 saturated carbocycles. The van der Waals surface area contributed by atoms with E-state index >= 15 is 0 Å². The first kappa shape index (κ1) is 9.51. The third-order valence-corrected chi connectivity index (χ3v) is 2.18. The fraction of sp³-hybridized carbons (Fsp3) is 0.200. The van der Waals surface area contributed by atoms with Crippen molar-refractivity contribution >= 4 is 23.3 Å². The molecule has 2 rings (SSSR count). The van der Waals surface area contributed by atoms with Crippen molar-refractivity contribution in [2.45, 2.75) is 6.04 Å². The Morgan fingerprint density at radius 2 is 2.00 bits per heavy atom. The molecule has 1 amide bonds. The lowest BCUT2D eigenvalue weighted by molar-refractivity contribution is -0.144. The summed E-state index contributed by atoms with van der Waals surface area (Å²) in [7, 11) is 1.25. The second kappa shape index (κ2) is 3.61. The number of esters is 1. The summed E-state index contributed by atoms with van der Waals surface area (Å²) in [6.07, 6.45) is 0. The molecule has 0 fully saturated rings. The van der Waals surface area contributed by atoms with Gasteiger partial charge >= 0.3 is 5.97 Å². The average molecular weight is 206 g/mol. The smallest absolute Gasteiger partial charge is 0.338 e. The Hall–Kier alpha value is -2.04. The van der Waals surface area contributed by atoms with Crippen LogP contribution in [0.1, 0.15) is 0 Å². The second-order valence-electron chi connectivity index (χ2n) is 3.14. The van der Waals surface area contributed by atoms with Crippen molar-refractivity contribution in [1.29, 1.82) is 0 Å². The monoisotopic (exact) mass is 206 g/mol. The van der Waals surface area contributed by atoms with Gasteiger partial charge in [-0.25, -0.2) is 4.79 Å². The minimum atomic E-state index is -0.968. The Bertz CT molecular complexity index is 417. The van der Waals surface area contributed by atoms with Crippen molar-refractivity contribution in [3.63, 3.8) is 0 Å². The van der Waals surface area contributed by atoms with Crippen LogP contribution in [0.4, 0.5) is 11.4 Å². The SMILES string of the molecule is COC(=O)C1Nc2ccccc2NC1=O. The summed E-state index contributed by atoms with van der Waals surface area (Å²) >= 11 is 0. The molecule has 2 N–H and O–H groups in total. The molecule has 0 aliphatic carbocycles. The number of ether oxygens (including phenoxy) is 1. The molecule has 0 bridgehead atoms. The number of benzene rings is 1. The van der Waals surface area contributed by atoms with Crippen molar-refractivity contribution < 1.29 is 14.3 Å². The summed E-state index contributed by atoms with van der Waals surface area (Å²) in [4.78, 5) is 22.7. The molecule has 1 unspecified atom stereocenters. The highest BCUT2D eigenvalue weighted by Gasteiger charge is 2.31. The van der Waals surface area contributed by atoms with Crippen LogP contribution in [0.25, 0.3) is 0 Å². The summed E-state index contributed by atoms with van der Waals surface area (Å²) in [6, 6.07) is 6.19. The maximum absolute atomic E-state index is 11.5. The summed E-state index contributed by atoms with van der Waals surface area (Å²) in [6.45, 7) is 0. The Morgan fingerprint density at radius 1 is 1.33 bits per heavy atom. The number of nitrogens with one attached hydrogen (secondary N) is 2. The van der Waals surface area contributed by atoms with E-state index in [0.717, 1.165) is 0 Å². The zero-order chi connectivity index (χ0) is 10.8. The third-order valence-electron chi connectivity index (χ3n) is 2.18. The van der Waals surface area contributed by atoms with Crippen molar-refractivity contribution in [2.75, 3.05) is 17.7 Å². The first-order valence-electron chi connectivity index (χ1n) is 4.46. The normalized spacial score (nSPS) is 18.5. The van der Waals surface area contributed by atoms with Gasteiger partial charge in [-0.3, -0.25) is 4.79 Å². The Morgan fingerprint density at radius 3 is 2.67 bits per heavy atom. The molecule has 1 aromatic rings. The number of anilines is 2. The standard InChI is InChI=1S/C10H10N2O3/c1-15-10(14)8-9(13)12-7-5-3-2-4-6(7)11-8/h2-5,8,11H,1H3,(H,12,13). The second-order valence-corrected chi connectivity index (χ2v) is 3.14. The minimum absolute atomic E-state index is 0.402. The van der Waals surface area contributed by atoms with Gasteiger partial charge in [-0.1, -0.05) is 12.1 Å². The van der Waals surface area contributed by atoms with Gasteiger partial charge in [0.05, 0.1) is 18.5 Å². The highest BCUT2D eigenvalue weighted by atomic mass is 16.5. The fourth-order valence-corrected chi connectivity index (χ4v) is 1.43. The van der Waals surface area contributed by atoms with Crippen LogP contribution in [0.2, 0.25) is 0 Å². The van der Waals surface area contributed by atoms with Crippen molar-refractivity contribution in [2.24, 2.45) is 0 Å². The molecule has 0 aromatic heterocycles. The lowest BCUT2D eigenvalue weighted by Crippen LogP contribution is -2.45. The molecule has 1 aromatic carbocycles. The summed E-state index contributed by atoms with van der Waals surface area (Å²) in [5.41, 5.74) is 1.38. The Labute approximate surface area is 86.4 Å². The molecule has 78 valence electrons. The van der Waals surface area contributed by atoms with E-state index in [9.17, 15) is 9.59 Å². The van der Waals surface area contributed by atoms with Crippen LogP contribution in [0.15, 0.2) is 24.3 Å². The number of amides is 1. The van der Waals surface area contributed by atoms with Crippen LogP contribution in [0.3, 0.4) is 0 Å². The fourth-order valence-electron chi connectivity index (χ4n) is 1.43. The molecule has 0 saturated heterocycles. The molecular formula is C10H10N2O3. The van der Waals surface area contributed by atoms with Crippen LogP contribution in [0.5, 0.6) is 0 Å². The Kier molecular flexibility index (Phi) is 2.29. The molecule has 1 heterocycles. The predicted octanol–water partition coefficient (Wildman–Crippen LogP) is 0.592. The van der Waals surface area contributed by atoms with Gasteiger partial charge in [0.15, 0.2) is 0 Å². The van der Waals surface area contributed by atoms with E-state index in [1.165, 1.54) is 7.11 Å². The number of rotatable bonds is 1. The summed E-state index contributed by atoms with van der Waals surface area (Å²) < 4.78 is 4.51. The maximum atomic E-state index is 11.5. The van der Waals surface area contributed by atoms with Gasteiger partial charge in [-0.15, -0.1) is 0 Å².